The Morgan fingerprint density at radius 2 is 0.602 bits per heavy atom. The van der Waals surface area contributed by atoms with Gasteiger partial charge in [0, 0.05) is 34.9 Å². The van der Waals surface area contributed by atoms with Crippen LogP contribution in [0.15, 0.2) is 106 Å². The maximum Gasteiger partial charge on any atom is 0.419 e. The minimum atomic E-state index is -4.53. The number of hydrogen-bond acceptors (Lipinski definition) is 10. The van der Waals surface area contributed by atoms with Crippen molar-refractivity contribution in [2.75, 3.05) is 0 Å². The quantitative estimate of drug-likeness (QED) is 0.148. The molecule has 19 heteroatoms. The van der Waals surface area contributed by atoms with Crippen LogP contribution in [-0.2, 0) is 12.4 Å². The Morgan fingerprint density at radius 1 is 0.276 bits per heavy atom. The van der Waals surface area contributed by atoms with Gasteiger partial charge in [0.05, 0.1) is 42.4 Å². The third kappa shape index (κ3) is 27.8. The predicted octanol–water partition coefficient (Wildman–Crippen LogP) is 27.9. The van der Waals surface area contributed by atoms with Crippen molar-refractivity contribution < 1.29 is 83.7 Å². The fourth-order valence-electron chi connectivity index (χ4n) is 9.03. The van der Waals surface area contributed by atoms with Crippen molar-refractivity contribution in [3.05, 3.63) is 232 Å². The van der Waals surface area contributed by atoms with Crippen molar-refractivity contribution in [1.82, 2.24) is 0 Å². The first-order valence-electron chi connectivity index (χ1n) is 32.7. The van der Waals surface area contributed by atoms with E-state index in [1.165, 1.54) is 75.0 Å². The number of aryl methyl sites for hydroxylation is 12. The second-order valence-corrected chi connectivity index (χ2v) is 26.1. The summed E-state index contributed by atoms with van der Waals surface area (Å²) in [5.74, 6) is 11.3. The molecule has 0 saturated carbocycles. The second kappa shape index (κ2) is 39.7. The third-order valence-corrected chi connectivity index (χ3v) is 16.3. The number of halogens is 9. The minimum Gasteiger partial charge on any atom is -0.469 e. The molecule has 10 nitrogen and oxygen atoms in total. The summed E-state index contributed by atoms with van der Waals surface area (Å²) in [6.07, 6.45) is 2.56. The molecule has 0 amide bonds. The van der Waals surface area contributed by atoms with Gasteiger partial charge in [-0.3, -0.25) is 0 Å². The zero-order valence-corrected chi connectivity index (χ0v) is 63.7. The van der Waals surface area contributed by atoms with Crippen molar-refractivity contribution in [3.8, 4) is 0 Å². The number of rotatable bonds is 6. The SMILES string of the molecule is Cc1c(C(C)C)coc1C(C)C.Cc1cc(C(F)(F)F)c(C)o1.Cc1coc(C(C)C)c1C.Cc1coc(C)c1C.Cc1coc(C)c1C.Cc1oc(C(C)C)cc1C(C)C.Cc1oc(F)cc1C(F)(F)F.Cc1occ(C(C)C)c1C.Cc1occ(F)c1C.Cc1occ(F)c1C. The number of hydrogen-bond donors (Lipinski definition) is 0. The molecule has 548 valence electrons. The fourth-order valence-corrected chi connectivity index (χ4v) is 9.03. The molecular formula is C79H109F9O10. The van der Waals surface area contributed by atoms with E-state index in [0.717, 1.165) is 65.8 Å². The lowest BCUT2D eigenvalue weighted by molar-refractivity contribution is -0.139. The molecule has 0 radical (unpaired) electrons. The van der Waals surface area contributed by atoms with E-state index >= 15 is 0 Å². The Hall–Kier alpha value is -7.83. The maximum atomic E-state index is 12.2. The fraction of sp³-hybridized carbons (Fsp3) is 0.494. The molecule has 0 saturated heterocycles. The minimum absolute atomic E-state index is 0.0741. The van der Waals surface area contributed by atoms with Crippen LogP contribution in [0.4, 0.5) is 39.5 Å². The van der Waals surface area contributed by atoms with E-state index in [2.05, 4.69) is 135 Å². The molecule has 0 aromatic carbocycles. The Bertz CT molecular complexity index is 3510. The second-order valence-electron chi connectivity index (χ2n) is 26.1. The first-order chi connectivity index (χ1) is 45.0. The Morgan fingerprint density at radius 3 is 0.765 bits per heavy atom. The summed E-state index contributed by atoms with van der Waals surface area (Å²) in [6, 6.07) is 2.30. The zero-order chi connectivity index (χ0) is 75.9. The summed E-state index contributed by atoms with van der Waals surface area (Å²) < 4.78 is 158. The Balaban J connectivity index is 0.000000546. The standard InChI is InChI=1S/2C11H18O.2C9H14O.C7H7F3O.2C7H10O.C6H4F4O.2C6H7FO/c1-7(2)10-6-12-11(8(3)4)9(10)5;1-7(2)10-6-11(8(3)4)12-9(10)5;1-6(2)9-5-10-8(4)7(9)3;1-6(2)9-8(4)7(3)5-10-9;1-4-3-6(5(2)11-4)7(8,9)10;2*1-5-4-8-7(3)6(5)2;1-3-4(6(8,9)10)2-5(7)11-3;2*1-4-5(2)8-3-6(4)7/h2*6-8H,1-5H3;2*5-6H,1-4H3;3H,1-2H3;2*4H,1-3H3;2H,1H3;2*3H,1-2H3. The lowest BCUT2D eigenvalue weighted by atomic mass is 9.98. The number of alkyl halides is 6. The maximum absolute atomic E-state index is 12.2. The predicted molar refractivity (Wildman–Crippen MR) is 371 cm³/mol. The van der Waals surface area contributed by atoms with E-state index in [-0.39, 0.29) is 23.2 Å². The summed E-state index contributed by atoms with van der Waals surface area (Å²) in [4.78, 5) is 0. The molecule has 10 aromatic rings. The highest BCUT2D eigenvalue weighted by atomic mass is 19.4. The van der Waals surface area contributed by atoms with Gasteiger partial charge in [0.25, 0.3) is 6.01 Å². The van der Waals surface area contributed by atoms with Gasteiger partial charge in [-0.1, -0.05) is 83.1 Å². The molecular weight excluding hydrogens is 1280 g/mol. The van der Waals surface area contributed by atoms with Gasteiger partial charge in [0.15, 0.2) is 11.6 Å². The van der Waals surface area contributed by atoms with Gasteiger partial charge in [-0.25, -0.2) is 8.78 Å². The molecule has 10 heterocycles. The average molecular weight is 1390 g/mol. The normalized spacial score (nSPS) is 11.0. The van der Waals surface area contributed by atoms with Crippen molar-refractivity contribution in [1.29, 1.82) is 0 Å². The van der Waals surface area contributed by atoms with Crippen molar-refractivity contribution in [2.45, 2.75) is 262 Å². The molecule has 0 spiro atoms. The van der Waals surface area contributed by atoms with Crippen LogP contribution in [0, 0.1) is 149 Å². The summed E-state index contributed by atoms with van der Waals surface area (Å²) in [7, 11) is 0. The molecule has 0 N–H and O–H groups in total. The molecule has 0 bridgehead atoms. The van der Waals surface area contributed by atoms with Crippen LogP contribution in [0.2, 0.25) is 0 Å². The molecule has 0 aliphatic rings. The summed E-state index contributed by atoms with van der Waals surface area (Å²) in [5.41, 5.74) is 13.7. The van der Waals surface area contributed by atoms with E-state index in [0.29, 0.717) is 64.2 Å². The van der Waals surface area contributed by atoms with Crippen LogP contribution in [0.5, 0.6) is 0 Å². The van der Waals surface area contributed by atoms with Crippen LogP contribution < -0.4 is 0 Å². The van der Waals surface area contributed by atoms with Crippen LogP contribution in [0.25, 0.3) is 0 Å². The topological polar surface area (TPSA) is 131 Å². The van der Waals surface area contributed by atoms with Gasteiger partial charge in [-0.05, 0) is 223 Å². The average Bonchev–Trinajstić information content (AvgIpc) is 1.72. The lowest BCUT2D eigenvalue weighted by Crippen LogP contribution is -2.04. The smallest absolute Gasteiger partial charge is 0.419 e. The van der Waals surface area contributed by atoms with Crippen molar-refractivity contribution in [3.63, 3.8) is 0 Å². The summed E-state index contributed by atoms with van der Waals surface area (Å²) in [5, 5.41) is 0. The molecule has 10 rings (SSSR count). The van der Waals surface area contributed by atoms with Crippen molar-refractivity contribution >= 4 is 0 Å². The van der Waals surface area contributed by atoms with E-state index in [1.54, 1.807) is 40.2 Å². The summed E-state index contributed by atoms with van der Waals surface area (Å²) >= 11 is 0. The van der Waals surface area contributed by atoms with Crippen LogP contribution >= 0.6 is 0 Å². The highest BCUT2D eigenvalue weighted by Gasteiger charge is 2.36. The van der Waals surface area contributed by atoms with Gasteiger partial charge >= 0.3 is 12.4 Å². The van der Waals surface area contributed by atoms with E-state index in [1.807, 2.05) is 60.3 Å². The first kappa shape index (κ1) is 88.2. The Kier molecular flexibility index (Phi) is 35.7. The molecule has 0 atom stereocenters. The molecule has 0 unspecified atom stereocenters. The Labute approximate surface area is 576 Å². The van der Waals surface area contributed by atoms with Crippen LogP contribution in [-0.4, -0.2) is 0 Å². The monoisotopic (exact) mass is 1390 g/mol. The summed E-state index contributed by atoms with van der Waals surface area (Å²) in [6.45, 7) is 61.4. The molecule has 0 aliphatic carbocycles. The lowest BCUT2D eigenvalue weighted by Gasteiger charge is -2.04. The van der Waals surface area contributed by atoms with Gasteiger partial charge in [0.1, 0.15) is 81.6 Å². The van der Waals surface area contributed by atoms with Gasteiger partial charge in [-0.2, -0.15) is 30.7 Å². The van der Waals surface area contributed by atoms with Gasteiger partial charge in [0.2, 0.25) is 0 Å². The largest absolute Gasteiger partial charge is 0.469 e. The highest BCUT2D eigenvalue weighted by Crippen LogP contribution is 2.35. The molecule has 0 fully saturated rings. The van der Waals surface area contributed by atoms with E-state index in [4.69, 9.17) is 39.8 Å². The van der Waals surface area contributed by atoms with E-state index < -0.39 is 35.3 Å². The van der Waals surface area contributed by atoms with Crippen LogP contribution in [0.1, 0.15) is 271 Å². The van der Waals surface area contributed by atoms with Gasteiger partial charge in [-0.15, -0.1) is 0 Å². The zero-order valence-electron chi connectivity index (χ0n) is 63.7. The molecule has 0 aliphatic heterocycles. The third-order valence-electron chi connectivity index (χ3n) is 16.3. The van der Waals surface area contributed by atoms with Crippen molar-refractivity contribution in [2.24, 2.45) is 0 Å². The highest BCUT2D eigenvalue weighted by molar-refractivity contribution is 5.32. The van der Waals surface area contributed by atoms with E-state index in [9.17, 15) is 39.5 Å². The van der Waals surface area contributed by atoms with Crippen LogP contribution in [0.3, 0.4) is 0 Å². The number of furan rings is 10. The van der Waals surface area contributed by atoms with Gasteiger partial charge < -0.3 is 44.2 Å². The molecule has 10 aromatic heterocycles. The first-order valence-corrected chi connectivity index (χ1v) is 32.7. The molecule has 98 heavy (non-hydrogen) atoms.